The molecule has 2 aromatic heterocycles. The lowest BCUT2D eigenvalue weighted by Crippen LogP contribution is -2.28. The third kappa shape index (κ3) is 2.88. The summed E-state index contributed by atoms with van der Waals surface area (Å²) in [6, 6.07) is 3.72. The molecule has 0 radical (unpaired) electrons. The molecule has 0 aromatic carbocycles. The number of nitrogens with one attached hydrogen (secondary N) is 1. The van der Waals surface area contributed by atoms with E-state index in [4.69, 9.17) is 11.6 Å². The van der Waals surface area contributed by atoms with E-state index in [9.17, 15) is 0 Å². The van der Waals surface area contributed by atoms with Crippen molar-refractivity contribution in [3.05, 3.63) is 17.4 Å². The number of aromatic nitrogens is 4. The fraction of sp³-hybridized carbons (Fsp3) is 0.545. The molecule has 6 nitrogen and oxygen atoms in total. The first-order valence-electron chi connectivity index (χ1n) is 6.08. The molecule has 2 rings (SSSR count). The molecule has 0 unspecified atom stereocenters. The molecule has 0 saturated carbocycles. The standard InChI is InChI=1S/C11H17ClN6/c1-3-17(4-2)8-7-13-9-5-6-10-14-15-11(12)18(10)16-9/h5-6H,3-4,7-8H2,1-2H3,(H,13,16). The Morgan fingerprint density at radius 3 is 2.78 bits per heavy atom. The predicted octanol–water partition coefficient (Wildman–Crippen LogP) is 1.53. The highest BCUT2D eigenvalue weighted by Crippen LogP contribution is 2.09. The van der Waals surface area contributed by atoms with E-state index in [2.05, 4.69) is 39.4 Å². The van der Waals surface area contributed by atoms with E-state index in [1.807, 2.05) is 12.1 Å². The second-order valence-corrected chi connectivity index (χ2v) is 4.25. The van der Waals surface area contributed by atoms with Crippen molar-refractivity contribution in [2.24, 2.45) is 0 Å². The minimum absolute atomic E-state index is 0.275. The minimum Gasteiger partial charge on any atom is -0.367 e. The molecular weight excluding hydrogens is 252 g/mol. The maximum atomic E-state index is 5.86. The highest BCUT2D eigenvalue weighted by molar-refractivity contribution is 6.28. The Labute approximate surface area is 111 Å². The Morgan fingerprint density at radius 2 is 2.06 bits per heavy atom. The highest BCUT2D eigenvalue weighted by atomic mass is 35.5. The van der Waals surface area contributed by atoms with Gasteiger partial charge in [-0.2, -0.15) is 4.52 Å². The van der Waals surface area contributed by atoms with Crippen molar-refractivity contribution in [2.75, 3.05) is 31.5 Å². The van der Waals surface area contributed by atoms with Crippen LogP contribution < -0.4 is 5.32 Å². The van der Waals surface area contributed by atoms with Gasteiger partial charge in [0.2, 0.25) is 5.28 Å². The number of rotatable bonds is 6. The number of hydrogen-bond acceptors (Lipinski definition) is 5. The third-order valence-electron chi connectivity index (χ3n) is 2.85. The Hall–Kier alpha value is -1.40. The maximum Gasteiger partial charge on any atom is 0.246 e. The number of fused-ring (bicyclic) bond motifs is 1. The van der Waals surface area contributed by atoms with Crippen LogP contribution in [0, 0.1) is 0 Å². The topological polar surface area (TPSA) is 58.3 Å². The second kappa shape index (κ2) is 5.97. The maximum absolute atomic E-state index is 5.86. The van der Waals surface area contributed by atoms with Gasteiger partial charge in [0.1, 0.15) is 5.82 Å². The van der Waals surface area contributed by atoms with Gasteiger partial charge < -0.3 is 10.2 Å². The average Bonchev–Trinajstić information content (AvgIpc) is 2.76. The van der Waals surface area contributed by atoms with Crippen molar-refractivity contribution >= 4 is 23.1 Å². The van der Waals surface area contributed by atoms with Gasteiger partial charge in [0.25, 0.3) is 0 Å². The fourth-order valence-electron chi connectivity index (χ4n) is 1.74. The quantitative estimate of drug-likeness (QED) is 0.861. The van der Waals surface area contributed by atoms with Crippen LogP contribution in [0.4, 0.5) is 5.82 Å². The van der Waals surface area contributed by atoms with Gasteiger partial charge in [-0.25, -0.2) is 0 Å². The van der Waals surface area contributed by atoms with E-state index < -0.39 is 0 Å². The summed E-state index contributed by atoms with van der Waals surface area (Å²) in [5, 5.41) is 15.5. The molecule has 0 aliphatic heterocycles. The highest BCUT2D eigenvalue weighted by Gasteiger charge is 2.05. The number of halogens is 1. The van der Waals surface area contributed by atoms with E-state index in [0.717, 1.165) is 32.0 Å². The van der Waals surface area contributed by atoms with Crippen molar-refractivity contribution in [1.82, 2.24) is 24.7 Å². The SMILES string of the molecule is CCN(CC)CCNc1ccc2nnc(Cl)n2n1. The van der Waals surface area contributed by atoms with Gasteiger partial charge in [0.15, 0.2) is 5.65 Å². The van der Waals surface area contributed by atoms with Crippen molar-refractivity contribution in [3.8, 4) is 0 Å². The van der Waals surface area contributed by atoms with Crippen molar-refractivity contribution < 1.29 is 0 Å². The molecule has 98 valence electrons. The lowest BCUT2D eigenvalue weighted by molar-refractivity contribution is 0.316. The Balaban J connectivity index is 1.97. The van der Waals surface area contributed by atoms with Gasteiger partial charge in [-0.3, -0.25) is 0 Å². The summed E-state index contributed by atoms with van der Waals surface area (Å²) in [7, 11) is 0. The molecule has 0 spiro atoms. The first-order valence-corrected chi connectivity index (χ1v) is 6.46. The molecule has 0 atom stereocenters. The molecule has 18 heavy (non-hydrogen) atoms. The zero-order valence-corrected chi connectivity index (χ0v) is 11.4. The van der Waals surface area contributed by atoms with Gasteiger partial charge in [0, 0.05) is 13.1 Å². The molecule has 0 amide bonds. The summed E-state index contributed by atoms with van der Waals surface area (Å²) in [6.07, 6.45) is 0. The van der Waals surface area contributed by atoms with E-state index in [0.29, 0.717) is 5.65 Å². The van der Waals surface area contributed by atoms with Gasteiger partial charge in [-0.1, -0.05) is 13.8 Å². The van der Waals surface area contributed by atoms with Crippen LogP contribution in [0.5, 0.6) is 0 Å². The van der Waals surface area contributed by atoms with Gasteiger partial charge in [-0.05, 0) is 36.8 Å². The number of nitrogens with zero attached hydrogens (tertiary/aromatic N) is 5. The minimum atomic E-state index is 0.275. The van der Waals surface area contributed by atoms with Crippen LogP contribution in [0.25, 0.3) is 5.65 Å². The molecule has 2 aromatic rings. The van der Waals surface area contributed by atoms with Gasteiger partial charge in [0.05, 0.1) is 0 Å². The normalized spacial score (nSPS) is 11.3. The van der Waals surface area contributed by atoms with Crippen LogP contribution >= 0.6 is 11.6 Å². The summed E-state index contributed by atoms with van der Waals surface area (Å²) in [4.78, 5) is 2.34. The second-order valence-electron chi connectivity index (χ2n) is 3.91. The molecule has 0 aliphatic rings. The number of hydrogen-bond donors (Lipinski definition) is 1. The molecule has 2 heterocycles. The largest absolute Gasteiger partial charge is 0.367 e. The summed E-state index contributed by atoms with van der Waals surface area (Å²) in [5.74, 6) is 0.774. The first kappa shape index (κ1) is 13.0. The van der Waals surface area contributed by atoms with Crippen LogP contribution in [-0.2, 0) is 0 Å². The van der Waals surface area contributed by atoms with E-state index in [-0.39, 0.29) is 5.28 Å². The molecular formula is C11H17ClN6. The van der Waals surface area contributed by atoms with Crippen molar-refractivity contribution in [1.29, 1.82) is 0 Å². The molecule has 0 fully saturated rings. The average molecular weight is 269 g/mol. The molecule has 0 aliphatic carbocycles. The Kier molecular flexibility index (Phi) is 4.33. The third-order valence-corrected chi connectivity index (χ3v) is 3.09. The summed E-state index contributed by atoms with van der Waals surface area (Å²) < 4.78 is 1.52. The molecule has 0 bridgehead atoms. The van der Waals surface area contributed by atoms with E-state index in [1.165, 1.54) is 4.52 Å². The fourth-order valence-corrected chi connectivity index (χ4v) is 1.90. The van der Waals surface area contributed by atoms with Crippen LogP contribution in [0.2, 0.25) is 5.28 Å². The Bertz CT molecular complexity index is 507. The molecule has 0 saturated heterocycles. The van der Waals surface area contributed by atoms with E-state index >= 15 is 0 Å². The lowest BCUT2D eigenvalue weighted by Gasteiger charge is -2.18. The van der Waals surface area contributed by atoms with Crippen LogP contribution in [0.15, 0.2) is 12.1 Å². The van der Waals surface area contributed by atoms with Crippen molar-refractivity contribution in [3.63, 3.8) is 0 Å². The molecule has 7 heteroatoms. The lowest BCUT2D eigenvalue weighted by atomic mass is 10.4. The predicted molar refractivity (Wildman–Crippen MR) is 72.1 cm³/mol. The van der Waals surface area contributed by atoms with Gasteiger partial charge in [-0.15, -0.1) is 15.3 Å². The Morgan fingerprint density at radius 1 is 1.28 bits per heavy atom. The number of likely N-dealkylation sites (N-methyl/N-ethyl adjacent to an activating group) is 1. The van der Waals surface area contributed by atoms with Crippen molar-refractivity contribution in [2.45, 2.75) is 13.8 Å². The first-order chi connectivity index (χ1) is 8.74. The van der Waals surface area contributed by atoms with Gasteiger partial charge >= 0.3 is 0 Å². The van der Waals surface area contributed by atoms with Crippen LogP contribution in [0.1, 0.15) is 13.8 Å². The molecule has 1 N–H and O–H groups in total. The zero-order chi connectivity index (χ0) is 13.0. The summed E-state index contributed by atoms with van der Waals surface area (Å²) in [5.41, 5.74) is 0.647. The monoisotopic (exact) mass is 268 g/mol. The van der Waals surface area contributed by atoms with Crippen LogP contribution in [0.3, 0.4) is 0 Å². The smallest absolute Gasteiger partial charge is 0.246 e. The summed E-state index contributed by atoms with van der Waals surface area (Å²) >= 11 is 5.86. The number of anilines is 1. The zero-order valence-electron chi connectivity index (χ0n) is 10.6. The van der Waals surface area contributed by atoms with Crippen LogP contribution in [-0.4, -0.2) is 50.9 Å². The summed E-state index contributed by atoms with van der Waals surface area (Å²) in [6.45, 7) is 8.27. The van der Waals surface area contributed by atoms with E-state index in [1.54, 1.807) is 0 Å².